The van der Waals surface area contributed by atoms with Crippen molar-refractivity contribution in [2.45, 2.75) is 19.3 Å². The van der Waals surface area contributed by atoms with Crippen molar-refractivity contribution in [3.63, 3.8) is 0 Å². The molecule has 0 atom stereocenters. The van der Waals surface area contributed by atoms with Crippen molar-refractivity contribution in [2.75, 3.05) is 26.2 Å². The molecule has 68 valence electrons. The summed E-state index contributed by atoms with van der Waals surface area (Å²) in [5.41, 5.74) is 3.29. The summed E-state index contributed by atoms with van der Waals surface area (Å²) in [6.07, 6.45) is 3.67. The molecular formula is C8H16N4. The highest BCUT2D eigenvalue weighted by atomic mass is 15.6. The van der Waals surface area contributed by atoms with Crippen molar-refractivity contribution in [2.24, 2.45) is 4.99 Å². The lowest BCUT2D eigenvalue weighted by molar-refractivity contribution is 0.388. The standard InChI is InChI=1S/C8H16N4/c1-2-5-10-8(9-4-1)12-7-3-6-11-12/h11H,1-7H2,(H,9,10). The third kappa shape index (κ3) is 1.69. The molecule has 0 aromatic heterocycles. The van der Waals surface area contributed by atoms with E-state index in [1.54, 1.807) is 0 Å². The van der Waals surface area contributed by atoms with Crippen LogP contribution in [0.4, 0.5) is 0 Å². The second kappa shape index (κ2) is 3.76. The number of rotatable bonds is 0. The summed E-state index contributed by atoms with van der Waals surface area (Å²) in [6.45, 7) is 4.21. The van der Waals surface area contributed by atoms with Gasteiger partial charge < -0.3 is 5.32 Å². The zero-order valence-electron chi connectivity index (χ0n) is 7.34. The minimum absolute atomic E-state index is 0.973. The Labute approximate surface area is 73.0 Å². The Balaban J connectivity index is 1.95. The molecule has 1 saturated heterocycles. The molecule has 2 aliphatic rings. The van der Waals surface area contributed by atoms with Crippen LogP contribution in [0.25, 0.3) is 0 Å². The van der Waals surface area contributed by atoms with E-state index in [1.807, 2.05) is 0 Å². The van der Waals surface area contributed by atoms with Gasteiger partial charge in [-0.1, -0.05) is 0 Å². The summed E-state index contributed by atoms with van der Waals surface area (Å²) in [4.78, 5) is 4.47. The van der Waals surface area contributed by atoms with Crippen molar-refractivity contribution >= 4 is 5.96 Å². The lowest BCUT2D eigenvalue weighted by Crippen LogP contribution is -2.45. The van der Waals surface area contributed by atoms with Gasteiger partial charge in [-0.15, -0.1) is 0 Å². The van der Waals surface area contributed by atoms with E-state index in [-0.39, 0.29) is 0 Å². The third-order valence-corrected chi connectivity index (χ3v) is 2.25. The van der Waals surface area contributed by atoms with Crippen LogP contribution in [0.5, 0.6) is 0 Å². The lowest BCUT2D eigenvalue weighted by atomic mass is 10.3. The predicted octanol–water partition coefficient (Wildman–Crippen LogP) is -0.0639. The average Bonchev–Trinajstić information content (AvgIpc) is 2.48. The van der Waals surface area contributed by atoms with E-state index in [1.165, 1.54) is 19.3 Å². The first-order valence-corrected chi connectivity index (χ1v) is 4.76. The van der Waals surface area contributed by atoms with Crippen molar-refractivity contribution in [1.29, 1.82) is 0 Å². The number of nitrogens with one attached hydrogen (secondary N) is 2. The molecule has 0 spiro atoms. The van der Waals surface area contributed by atoms with Gasteiger partial charge in [-0.05, 0) is 19.3 Å². The highest BCUT2D eigenvalue weighted by molar-refractivity contribution is 5.79. The Morgan fingerprint density at radius 1 is 1.17 bits per heavy atom. The van der Waals surface area contributed by atoms with Crippen molar-refractivity contribution in [3.8, 4) is 0 Å². The minimum Gasteiger partial charge on any atom is -0.355 e. The van der Waals surface area contributed by atoms with Crippen LogP contribution in [-0.4, -0.2) is 37.1 Å². The van der Waals surface area contributed by atoms with E-state index in [0.717, 1.165) is 32.1 Å². The molecule has 0 unspecified atom stereocenters. The maximum Gasteiger partial charge on any atom is 0.208 e. The van der Waals surface area contributed by atoms with Gasteiger partial charge in [0.15, 0.2) is 0 Å². The number of hydrogen-bond acceptors (Lipinski definition) is 4. The SMILES string of the molecule is C1CCNC(N2CCCN2)=NC1. The van der Waals surface area contributed by atoms with E-state index in [9.17, 15) is 0 Å². The van der Waals surface area contributed by atoms with E-state index in [0.29, 0.717) is 0 Å². The molecule has 1 fully saturated rings. The molecule has 2 N–H and O–H groups in total. The van der Waals surface area contributed by atoms with E-state index < -0.39 is 0 Å². The van der Waals surface area contributed by atoms with Gasteiger partial charge in [0, 0.05) is 26.2 Å². The quantitative estimate of drug-likeness (QED) is 0.532. The van der Waals surface area contributed by atoms with Crippen LogP contribution in [0, 0.1) is 0 Å². The smallest absolute Gasteiger partial charge is 0.208 e. The molecule has 12 heavy (non-hydrogen) atoms. The molecule has 0 bridgehead atoms. The maximum absolute atomic E-state index is 4.47. The second-order valence-electron chi connectivity index (χ2n) is 3.25. The zero-order chi connectivity index (χ0) is 8.23. The van der Waals surface area contributed by atoms with E-state index in [2.05, 4.69) is 20.7 Å². The molecule has 0 saturated carbocycles. The number of hydrogen-bond donors (Lipinski definition) is 2. The van der Waals surface area contributed by atoms with Crippen LogP contribution in [0.1, 0.15) is 19.3 Å². The molecule has 0 aromatic carbocycles. The Morgan fingerprint density at radius 3 is 3.00 bits per heavy atom. The van der Waals surface area contributed by atoms with Gasteiger partial charge in [-0.3, -0.25) is 10.0 Å². The van der Waals surface area contributed by atoms with Gasteiger partial charge in [0.25, 0.3) is 0 Å². The average molecular weight is 168 g/mol. The van der Waals surface area contributed by atoms with Gasteiger partial charge in [-0.25, -0.2) is 5.43 Å². The first kappa shape index (κ1) is 7.86. The number of guanidine groups is 1. The monoisotopic (exact) mass is 168 g/mol. The molecule has 2 heterocycles. The van der Waals surface area contributed by atoms with Gasteiger partial charge in [0.1, 0.15) is 0 Å². The van der Waals surface area contributed by atoms with Crippen LogP contribution in [0.2, 0.25) is 0 Å². The fourth-order valence-electron chi connectivity index (χ4n) is 1.57. The maximum atomic E-state index is 4.47. The summed E-state index contributed by atoms with van der Waals surface area (Å²) < 4.78 is 0. The number of aliphatic imine (C=N–C) groups is 1. The van der Waals surface area contributed by atoms with Gasteiger partial charge in [0.05, 0.1) is 0 Å². The highest BCUT2D eigenvalue weighted by Crippen LogP contribution is 2.00. The van der Waals surface area contributed by atoms with Crippen LogP contribution < -0.4 is 10.7 Å². The predicted molar refractivity (Wildman–Crippen MR) is 48.9 cm³/mol. The van der Waals surface area contributed by atoms with Crippen LogP contribution in [-0.2, 0) is 0 Å². The second-order valence-corrected chi connectivity index (χ2v) is 3.25. The Kier molecular flexibility index (Phi) is 2.46. The molecule has 0 aliphatic carbocycles. The molecular weight excluding hydrogens is 152 g/mol. The molecule has 0 aromatic rings. The molecule has 4 nitrogen and oxygen atoms in total. The lowest BCUT2D eigenvalue weighted by Gasteiger charge is -2.19. The third-order valence-electron chi connectivity index (χ3n) is 2.25. The van der Waals surface area contributed by atoms with Gasteiger partial charge in [0.2, 0.25) is 5.96 Å². The number of hydrazine groups is 1. The largest absolute Gasteiger partial charge is 0.355 e. The topological polar surface area (TPSA) is 39.7 Å². The molecule has 2 aliphatic heterocycles. The first-order valence-electron chi connectivity index (χ1n) is 4.76. The Morgan fingerprint density at radius 2 is 2.17 bits per heavy atom. The van der Waals surface area contributed by atoms with Crippen molar-refractivity contribution < 1.29 is 0 Å². The zero-order valence-corrected chi connectivity index (χ0v) is 7.34. The van der Waals surface area contributed by atoms with Gasteiger partial charge in [-0.2, -0.15) is 0 Å². The minimum atomic E-state index is 0.973. The summed E-state index contributed by atoms with van der Waals surface area (Å²) in [6, 6.07) is 0. The van der Waals surface area contributed by atoms with Crippen molar-refractivity contribution in [1.82, 2.24) is 15.8 Å². The molecule has 2 rings (SSSR count). The van der Waals surface area contributed by atoms with Gasteiger partial charge >= 0.3 is 0 Å². The normalized spacial score (nSPS) is 24.7. The summed E-state index contributed by atoms with van der Waals surface area (Å²) >= 11 is 0. The van der Waals surface area contributed by atoms with Crippen LogP contribution >= 0.6 is 0 Å². The molecule has 0 amide bonds. The fourth-order valence-corrected chi connectivity index (χ4v) is 1.57. The molecule has 4 heteroatoms. The molecule has 0 radical (unpaired) electrons. The van der Waals surface area contributed by atoms with Crippen LogP contribution in [0.15, 0.2) is 4.99 Å². The van der Waals surface area contributed by atoms with Crippen molar-refractivity contribution in [3.05, 3.63) is 0 Å². The fraction of sp³-hybridized carbons (Fsp3) is 0.875. The highest BCUT2D eigenvalue weighted by Gasteiger charge is 2.15. The summed E-state index contributed by atoms with van der Waals surface area (Å²) in [7, 11) is 0. The summed E-state index contributed by atoms with van der Waals surface area (Å²) in [5, 5.41) is 5.47. The Hall–Kier alpha value is -0.770. The number of nitrogens with zero attached hydrogens (tertiary/aromatic N) is 2. The van der Waals surface area contributed by atoms with Crippen LogP contribution in [0.3, 0.4) is 0 Å². The summed E-state index contributed by atoms with van der Waals surface area (Å²) in [5.74, 6) is 1.05. The first-order chi connectivity index (χ1) is 5.97. The van der Waals surface area contributed by atoms with E-state index >= 15 is 0 Å². The Bertz CT molecular complexity index is 172. The van der Waals surface area contributed by atoms with E-state index in [4.69, 9.17) is 0 Å².